The lowest BCUT2D eigenvalue weighted by atomic mass is 9.79. The third-order valence-electron chi connectivity index (χ3n) is 6.24. The van der Waals surface area contributed by atoms with Crippen molar-refractivity contribution < 1.29 is 14.1 Å². The summed E-state index contributed by atoms with van der Waals surface area (Å²) in [6.07, 6.45) is 7.55. The van der Waals surface area contributed by atoms with Crippen LogP contribution in [0.3, 0.4) is 0 Å². The van der Waals surface area contributed by atoms with Crippen LogP contribution in [0.25, 0.3) is 11.3 Å². The van der Waals surface area contributed by atoms with Gasteiger partial charge in [0.2, 0.25) is 5.88 Å². The first-order valence-electron chi connectivity index (χ1n) is 11.5. The number of carbonyl (C=O) groups excluding carboxylic acids is 1. The highest BCUT2D eigenvalue weighted by Crippen LogP contribution is 2.39. The molecule has 1 saturated carbocycles. The molecular formula is C25H31N5O3. The monoisotopic (exact) mass is 449 g/mol. The van der Waals surface area contributed by atoms with E-state index < -0.39 is 0 Å². The summed E-state index contributed by atoms with van der Waals surface area (Å²) in [5, 5.41) is 7.11. The average molecular weight is 450 g/mol. The SMILES string of the molecule is COc1cc(C(=O)NCC2CCC(c3nc(C(C)C)ncc3-c3cc(C)no3)CC2)ccn1. The van der Waals surface area contributed by atoms with Crippen LogP contribution in [-0.4, -0.2) is 39.7 Å². The van der Waals surface area contributed by atoms with Crippen LogP contribution < -0.4 is 10.1 Å². The summed E-state index contributed by atoms with van der Waals surface area (Å²) in [6, 6.07) is 5.29. The Bertz CT molecular complexity index is 1100. The number of pyridine rings is 1. The zero-order chi connectivity index (χ0) is 23.4. The van der Waals surface area contributed by atoms with Crippen LogP contribution in [0.5, 0.6) is 5.88 Å². The summed E-state index contributed by atoms with van der Waals surface area (Å²) >= 11 is 0. The predicted octanol–water partition coefficient (Wildman–Crippen LogP) is 4.67. The smallest absolute Gasteiger partial charge is 0.251 e. The zero-order valence-corrected chi connectivity index (χ0v) is 19.7. The number of aryl methyl sites for hydroxylation is 1. The zero-order valence-electron chi connectivity index (χ0n) is 19.7. The van der Waals surface area contributed by atoms with Crippen LogP contribution >= 0.6 is 0 Å². The van der Waals surface area contributed by atoms with E-state index in [2.05, 4.69) is 34.3 Å². The molecule has 3 aromatic rings. The molecule has 0 unspecified atom stereocenters. The van der Waals surface area contributed by atoms with E-state index in [1.807, 2.05) is 19.2 Å². The van der Waals surface area contributed by atoms with Gasteiger partial charge in [-0.25, -0.2) is 15.0 Å². The Hall–Kier alpha value is -3.29. The van der Waals surface area contributed by atoms with Crippen LogP contribution in [0.4, 0.5) is 0 Å². The maximum absolute atomic E-state index is 12.5. The number of rotatable bonds is 7. The molecule has 8 heteroatoms. The van der Waals surface area contributed by atoms with E-state index in [1.165, 1.54) is 0 Å². The molecule has 33 heavy (non-hydrogen) atoms. The van der Waals surface area contributed by atoms with Gasteiger partial charge in [-0.05, 0) is 44.6 Å². The Morgan fingerprint density at radius 1 is 1.21 bits per heavy atom. The van der Waals surface area contributed by atoms with Gasteiger partial charge < -0.3 is 14.6 Å². The van der Waals surface area contributed by atoms with Crippen molar-refractivity contribution in [3.63, 3.8) is 0 Å². The second-order valence-electron chi connectivity index (χ2n) is 9.03. The van der Waals surface area contributed by atoms with E-state index in [0.717, 1.165) is 54.2 Å². The average Bonchev–Trinajstić information content (AvgIpc) is 3.28. The van der Waals surface area contributed by atoms with Crippen molar-refractivity contribution in [2.45, 2.75) is 58.3 Å². The first-order valence-corrected chi connectivity index (χ1v) is 11.5. The van der Waals surface area contributed by atoms with Gasteiger partial charge in [0.15, 0.2) is 5.76 Å². The first-order chi connectivity index (χ1) is 15.9. The molecule has 4 rings (SSSR count). The Morgan fingerprint density at radius 2 is 2.00 bits per heavy atom. The first kappa shape index (κ1) is 22.9. The van der Waals surface area contributed by atoms with E-state index in [-0.39, 0.29) is 11.8 Å². The minimum atomic E-state index is -0.0989. The van der Waals surface area contributed by atoms with Crippen LogP contribution in [0, 0.1) is 12.8 Å². The van der Waals surface area contributed by atoms with Gasteiger partial charge in [0.1, 0.15) is 5.82 Å². The maximum Gasteiger partial charge on any atom is 0.251 e. The molecule has 1 aliphatic carbocycles. The Balaban J connectivity index is 1.41. The molecule has 1 aliphatic rings. The minimum Gasteiger partial charge on any atom is -0.481 e. The molecule has 3 heterocycles. The van der Waals surface area contributed by atoms with E-state index in [1.54, 1.807) is 25.4 Å². The fraction of sp³-hybridized carbons (Fsp3) is 0.480. The van der Waals surface area contributed by atoms with Crippen molar-refractivity contribution >= 4 is 5.91 Å². The van der Waals surface area contributed by atoms with Crippen molar-refractivity contribution in [1.29, 1.82) is 0 Å². The number of amides is 1. The summed E-state index contributed by atoms with van der Waals surface area (Å²) < 4.78 is 10.6. The molecule has 0 radical (unpaired) electrons. The van der Waals surface area contributed by atoms with Gasteiger partial charge in [0.05, 0.1) is 24.1 Å². The van der Waals surface area contributed by atoms with Crippen molar-refractivity contribution in [2.75, 3.05) is 13.7 Å². The number of nitrogens with zero attached hydrogens (tertiary/aromatic N) is 4. The molecule has 1 amide bonds. The summed E-state index contributed by atoms with van der Waals surface area (Å²) in [6.45, 7) is 6.79. The van der Waals surface area contributed by atoms with Crippen LogP contribution in [0.1, 0.15) is 78.9 Å². The van der Waals surface area contributed by atoms with Crippen molar-refractivity contribution in [1.82, 2.24) is 25.4 Å². The van der Waals surface area contributed by atoms with Crippen LogP contribution in [-0.2, 0) is 0 Å². The van der Waals surface area contributed by atoms with E-state index in [9.17, 15) is 4.79 Å². The number of ether oxygens (including phenoxy) is 1. The fourth-order valence-electron chi connectivity index (χ4n) is 4.32. The van der Waals surface area contributed by atoms with Crippen molar-refractivity contribution in [3.05, 3.63) is 53.4 Å². The second kappa shape index (κ2) is 10.1. The predicted molar refractivity (Wildman–Crippen MR) is 124 cm³/mol. The van der Waals surface area contributed by atoms with Gasteiger partial charge in [-0.2, -0.15) is 0 Å². The maximum atomic E-state index is 12.5. The third-order valence-corrected chi connectivity index (χ3v) is 6.24. The highest BCUT2D eigenvalue weighted by atomic mass is 16.5. The largest absolute Gasteiger partial charge is 0.481 e. The summed E-state index contributed by atoms with van der Waals surface area (Å²) in [5.74, 6) is 2.95. The summed E-state index contributed by atoms with van der Waals surface area (Å²) in [4.78, 5) is 26.1. The number of hydrogen-bond acceptors (Lipinski definition) is 7. The topological polar surface area (TPSA) is 103 Å². The molecule has 0 spiro atoms. The molecular weight excluding hydrogens is 418 g/mol. The van der Waals surface area contributed by atoms with E-state index in [0.29, 0.717) is 29.8 Å². The summed E-state index contributed by atoms with van der Waals surface area (Å²) in [5.41, 5.74) is 3.39. The van der Waals surface area contributed by atoms with Gasteiger partial charge in [-0.3, -0.25) is 4.79 Å². The molecule has 1 N–H and O–H groups in total. The van der Waals surface area contributed by atoms with Crippen LogP contribution in [0.15, 0.2) is 35.1 Å². The standard InChI is InChI=1S/C25H31N5O3/c1-15(2)24-27-14-20(21-11-16(3)30-33-21)23(29-24)18-7-5-17(6-8-18)13-28-25(31)19-9-10-26-22(12-19)32-4/h9-12,14-15,17-18H,5-8,13H2,1-4H3,(H,28,31). The van der Waals surface area contributed by atoms with E-state index >= 15 is 0 Å². The molecule has 0 bridgehead atoms. The van der Waals surface area contributed by atoms with Crippen molar-refractivity contribution in [2.24, 2.45) is 5.92 Å². The van der Waals surface area contributed by atoms with Gasteiger partial charge in [0, 0.05) is 48.5 Å². The number of aromatic nitrogens is 4. The number of methoxy groups -OCH3 is 1. The number of nitrogens with one attached hydrogen (secondary N) is 1. The Kier molecular flexibility index (Phi) is 7.01. The minimum absolute atomic E-state index is 0.0989. The molecule has 0 atom stereocenters. The van der Waals surface area contributed by atoms with Gasteiger partial charge in [-0.1, -0.05) is 19.0 Å². The normalized spacial score (nSPS) is 18.3. The van der Waals surface area contributed by atoms with Gasteiger partial charge in [-0.15, -0.1) is 0 Å². The van der Waals surface area contributed by atoms with E-state index in [4.69, 9.17) is 14.2 Å². The quantitative estimate of drug-likeness (QED) is 0.559. The molecule has 0 saturated heterocycles. The summed E-state index contributed by atoms with van der Waals surface area (Å²) in [7, 11) is 1.54. The van der Waals surface area contributed by atoms with Crippen molar-refractivity contribution in [3.8, 4) is 17.2 Å². The highest BCUT2D eigenvalue weighted by Gasteiger charge is 2.28. The lowest BCUT2D eigenvalue weighted by molar-refractivity contribution is 0.0942. The van der Waals surface area contributed by atoms with Gasteiger partial charge >= 0.3 is 0 Å². The third kappa shape index (κ3) is 5.38. The van der Waals surface area contributed by atoms with Gasteiger partial charge in [0.25, 0.3) is 5.91 Å². The fourth-order valence-corrected chi connectivity index (χ4v) is 4.32. The van der Waals surface area contributed by atoms with Crippen LogP contribution in [0.2, 0.25) is 0 Å². The molecule has 8 nitrogen and oxygen atoms in total. The lowest BCUT2D eigenvalue weighted by Crippen LogP contribution is -2.31. The second-order valence-corrected chi connectivity index (χ2v) is 9.03. The molecule has 0 aromatic carbocycles. The molecule has 0 aliphatic heterocycles. The Labute approximate surface area is 194 Å². The molecule has 3 aromatic heterocycles. The Morgan fingerprint density at radius 3 is 2.67 bits per heavy atom. The molecule has 1 fully saturated rings. The lowest BCUT2D eigenvalue weighted by Gasteiger charge is -2.29. The number of carbonyl (C=O) groups is 1. The molecule has 174 valence electrons. The highest BCUT2D eigenvalue weighted by molar-refractivity contribution is 5.94. The number of hydrogen-bond donors (Lipinski definition) is 1.